The third-order valence-corrected chi connectivity index (χ3v) is 12.1. The molecule has 1 aliphatic carbocycles. The predicted octanol–water partition coefficient (Wildman–Crippen LogP) is 12.7. The van der Waals surface area contributed by atoms with Gasteiger partial charge in [0.2, 0.25) is 5.41 Å². The number of carbonyl (C=O) groups is 2. The molecule has 1 amide bonds. The fraction of sp³-hybridized carbons (Fsp3) is 0.280. The van der Waals surface area contributed by atoms with Gasteiger partial charge in [-0.15, -0.1) is 6.58 Å². The predicted molar refractivity (Wildman–Crippen MR) is 234 cm³/mol. The topological polar surface area (TPSA) is 63.1 Å². The Hall–Kier alpha value is -6.52. The number of carbonyl (C=O) groups excluding carboxylic acids is 2. The third-order valence-electron chi connectivity index (χ3n) is 12.1. The molecule has 354 valence electrons. The highest BCUT2D eigenvalue weighted by Gasteiger charge is 2.72. The van der Waals surface area contributed by atoms with Gasteiger partial charge in [-0.3, -0.25) is 9.59 Å². The molecule has 2 unspecified atom stereocenters. The van der Waals surface area contributed by atoms with Gasteiger partial charge in [0, 0.05) is 56.2 Å². The van der Waals surface area contributed by atoms with Crippen LogP contribution >= 0.6 is 0 Å². The summed E-state index contributed by atoms with van der Waals surface area (Å²) in [5, 5.41) is 4.09. The molecule has 2 aliphatic rings. The quantitative estimate of drug-likeness (QED) is 0.0879. The van der Waals surface area contributed by atoms with Crippen LogP contribution in [0.1, 0.15) is 71.8 Å². The van der Waals surface area contributed by atoms with Gasteiger partial charge in [0.05, 0.1) is 11.1 Å². The van der Waals surface area contributed by atoms with Crippen LogP contribution in [0, 0.1) is 17.8 Å². The average Bonchev–Trinajstić information content (AvgIpc) is 3.67. The summed E-state index contributed by atoms with van der Waals surface area (Å²) < 4.78 is 181. The van der Waals surface area contributed by atoms with Gasteiger partial charge in [-0.25, -0.2) is 0 Å². The zero-order valence-electron chi connectivity index (χ0n) is 36.1. The minimum atomic E-state index is -6.07. The Morgan fingerprint density at radius 2 is 1.25 bits per heavy atom. The number of hydrogen-bond acceptors (Lipinski definition) is 3. The Kier molecular flexibility index (Phi) is 13.4. The van der Waals surface area contributed by atoms with Gasteiger partial charge < -0.3 is 15.2 Å². The summed E-state index contributed by atoms with van der Waals surface area (Å²) >= 11 is 0. The molecule has 0 radical (unpaired) electrons. The number of anilines is 1. The van der Waals surface area contributed by atoms with E-state index in [-0.39, 0.29) is 68.3 Å². The van der Waals surface area contributed by atoms with E-state index in [0.29, 0.717) is 54.7 Å². The number of alkyl halides is 12. The van der Waals surface area contributed by atoms with E-state index < -0.39 is 75.1 Å². The van der Waals surface area contributed by atoms with E-state index in [1.807, 2.05) is 6.92 Å². The Morgan fingerprint density at radius 1 is 0.716 bits per heavy atom. The van der Waals surface area contributed by atoms with Crippen LogP contribution in [0.3, 0.4) is 0 Å². The van der Waals surface area contributed by atoms with Gasteiger partial charge in [0.25, 0.3) is 5.91 Å². The molecule has 0 saturated carbocycles. The minimum Gasteiger partial charge on any atom is -0.384 e. The van der Waals surface area contributed by atoms with Crippen molar-refractivity contribution in [3.05, 3.63) is 148 Å². The van der Waals surface area contributed by atoms with Crippen LogP contribution in [-0.2, 0) is 22.6 Å². The molecule has 7 rings (SSSR count). The number of benzene rings is 4. The molecule has 5 aromatic rings. The molecule has 3 atom stereocenters. The molecule has 4 aromatic carbocycles. The Bertz CT molecular complexity index is 2900. The highest BCUT2D eigenvalue weighted by Crippen LogP contribution is 2.57. The lowest BCUT2D eigenvalue weighted by Gasteiger charge is -2.38. The molecule has 5 nitrogen and oxygen atoms in total. The summed E-state index contributed by atoms with van der Waals surface area (Å²) in [4.78, 5) is 23.9. The van der Waals surface area contributed by atoms with Crippen LogP contribution in [0.25, 0.3) is 46.4 Å². The maximum Gasteiger partial charge on any atom is 0.417 e. The SMILES string of the molecule is C=CC1CC(CNc2ccc(-c3ccc(-n4c(=C)c5ccc(C(c6ccc7c(c6)C(=C)NC7=O)(C(F)(F)F)C(F)(F)F)cc5c4=C)cc3C(F)(F)F)c(C(F)(F)F)c2)C=C(C=O)[C@H]1C.CCC. The second-order valence-electron chi connectivity index (χ2n) is 16.5. The summed E-state index contributed by atoms with van der Waals surface area (Å²) in [6.07, 6.45) is -16.7. The molecule has 2 N–H and O–H groups in total. The Labute approximate surface area is 376 Å². The highest BCUT2D eigenvalue weighted by molar-refractivity contribution is 6.09. The largest absolute Gasteiger partial charge is 0.417 e. The molecule has 1 aromatic heterocycles. The number of allylic oxidation sites excluding steroid dienone is 2. The van der Waals surface area contributed by atoms with Crippen molar-refractivity contribution in [2.75, 3.05) is 11.9 Å². The van der Waals surface area contributed by atoms with Crippen molar-refractivity contribution >= 4 is 47.5 Å². The molecule has 0 saturated heterocycles. The molecule has 0 spiro atoms. The molecule has 17 heteroatoms. The van der Waals surface area contributed by atoms with Gasteiger partial charge in [-0.05, 0) is 94.5 Å². The van der Waals surface area contributed by atoms with Crippen molar-refractivity contribution < 1.29 is 62.3 Å². The first-order chi connectivity index (χ1) is 31.2. The second kappa shape index (κ2) is 17.9. The molecule has 0 bridgehead atoms. The van der Waals surface area contributed by atoms with Crippen LogP contribution in [0.5, 0.6) is 0 Å². The van der Waals surface area contributed by atoms with E-state index in [2.05, 4.69) is 50.8 Å². The monoisotopic (exact) mass is 945 g/mol. The summed E-state index contributed by atoms with van der Waals surface area (Å²) in [7, 11) is 0. The number of halogens is 12. The normalized spacial score (nSPS) is 17.9. The molecular formula is C50H43F12N3O2. The van der Waals surface area contributed by atoms with Crippen molar-refractivity contribution in [2.45, 2.75) is 63.7 Å². The molecule has 0 fully saturated rings. The number of rotatable bonds is 9. The number of aldehydes is 1. The van der Waals surface area contributed by atoms with Crippen LogP contribution in [0.2, 0.25) is 0 Å². The lowest BCUT2D eigenvalue weighted by atomic mass is 9.72. The smallest absolute Gasteiger partial charge is 0.384 e. The molecule has 2 heterocycles. The van der Waals surface area contributed by atoms with E-state index in [1.165, 1.54) is 12.5 Å². The summed E-state index contributed by atoms with van der Waals surface area (Å²) in [5.41, 5.74) is -12.7. The highest BCUT2D eigenvalue weighted by atomic mass is 19.4. The lowest BCUT2D eigenvalue weighted by Crippen LogP contribution is -2.54. The zero-order chi connectivity index (χ0) is 49.8. The van der Waals surface area contributed by atoms with E-state index in [0.717, 1.165) is 34.9 Å². The fourth-order valence-electron chi connectivity index (χ4n) is 8.86. The maximum atomic E-state index is 15.2. The van der Waals surface area contributed by atoms with Gasteiger partial charge in [0.1, 0.15) is 6.29 Å². The first-order valence-electron chi connectivity index (χ1n) is 20.7. The molecule has 67 heavy (non-hydrogen) atoms. The van der Waals surface area contributed by atoms with Gasteiger partial charge in [-0.2, -0.15) is 52.7 Å². The number of nitrogens with one attached hydrogen (secondary N) is 2. The van der Waals surface area contributed by atoms with Gasteiger partial charge in [0.15, 0.2) is 0 Å². The summed E-state index contributed by atoms with van der Waals surface area (Å²) in [6.45, 7) is 21.1. The Morgan fingerprint density at radius 3 is 1.82 bits per heavy atom. The van der Waals surface area contributed by atoms with E-state index in [9.17, 15) is 35.9 Å². The standard InChI is InChI=1S/C47H35F12N3O2.C3H8/c1-6-28-15-27(16-29(22-63)23(28)2)21-60-32-9-13-35(40(19-32)44(48,49)50)36-14-10-33(20-41(36)45(51,52)53)62-25(4)34-11-7-31(18-39(34)26(62)5)43(46(54,55)56,47(57,58)59)30-8-12-37-38(17-30)24(3)61-42(37)64;1-3-2/h6-14,16-20,22-23,27-28,60H,1,3-5,15,21H2,2H3,(H,61,64);3H2,1-2H3/t23-,27?,28?;/m0./s1. The molecule has 1 aliphatic heterocycles. The van der Waals surface area contributed by atoms with E-state index >= 15 is 26.3 Å². The fourth-order valence-corrected chi connectivity index (χ4v) is 8.86. The van der Waals surface area contributed by atoms with Crippen molar-refractivity contribution in [2.24, 2.45) is 17.8 Å². The van der Waals surface area contributed by atoms with Crippen LogP contribution in [0.4, 0.5) is 58.4 Å². The van der Waals surface area contributed by atoms with E-state index in [1.54, 1.807) is 12.2 Å². The van der Waals surface area contributed by atoms with Crippen molar-refractivity contribution in [3.8, 4) is 16.8 Å². The lowest BCUT2D eigenvalue weighted by molar-refractivity contribution is -0.288. The number of nitrogens with zero attached hydrogens (tertiary/aromatic N) is 1. The van der Waals surface area contributed by atoms with Gasteiger partial charge >= 0.3 is 24.7 Å². The average molecular weight is 946 g/mol. The number of hydrogen-bond donors (Lipinski definition) is 2. The van der Waals surface area contributed by atoms with Gasteiger partial charge in [-0.1, -0.05) is 89.4 Å². The number of aromatic nitrogens is 1. The Balaban J connectivity index is 0.00000240. The van der Waals surface area contributed by atoms with Crippen molar-refractivity contribution in [3.63, 3.8) is 0 Å². The number of fused-ring (bicyclic) bond motifs is 2. The third kappa shape index (κ3) is 8.91. The maximum absolute atomic E-state index is 15.2. The molecular weight excluding hydrogens is 903 g/mol. The second-order valence-corrected chi connectivity index (χ2v) is 16.5. The van der Waals surface area contributed by atoms with Crippen LogP contribution in [-0.4, -0.2) is 35.7 Å². The summed E-state index contributed by atoms with van der Waals surface area (Å²) in [5.74, 6) is -1.25. The van der Waals surface area contributed by atoms with Crippen LogP contribution in [0.15, 0.2) is 104 Å². The van der Waals surface area contributed by atoms with Crippen molar-refractivity contribution in [1.29, 1.82) is 0 Å². The minimum absolute atomic E-state index is 0.0633. The van der Waals surface area contributed by atoms with E-state index in [4.69, 9.17) is 0 Å². The van der Waals surface area contributed by atoms with Crippen molar-refractivity contribution in [1.82, 2.24) is 9.88 Å². The zero-order valence-corrected chi connectivity index (χ0v) is 36.1. The van der Waals surface area contributed by atoms with Crippen LogP contribution < -0.4 is 21.3 Å². The first-order valence-corrected chi connectivity index (χ1v) is 20.7. The summed E-state index contributed by atoms with van der Waals surface area (Å²) in [6, 6.07) is 8.89. The first kappa shape index (κ1) is 49.9. The number of amides is 1.